The second-order valence-electron chi connectivity index (χ2n) is 4.07. The molecule has 2 rings (SSSR count). The second-order valence-corrected chi connectivity index (χ2v) is 4.46. The van der Waals surface area contributed by atoms with Gasteiger partial charge in [0.15, 0.2) is 10.4 Å². The summed E-state index contributed by atoms with van der Waals surface area (Å²) in [7, 11) is 0. The Morgan fingerprint density at radius 1 is 1.56 bits per heavy atom. The average molecular weight is 236 g/mol. The van der Waals surface area contributed by atoms with Gasteiger partial charge >= 0.3 is 0 Å². The smallest absolute Gasteiger partial charge is 0.179 e. The minimum absolute atomic E-state index is 0.737. The molecule has 0 amide bonds. The van der Waals surface area contributed by atoms with Crippen LogP contribution in [-0.2, 0) is 13.1 Å². The minimum atomic E-state index is 0.737. The normalized spacial score (nSPS) is 11.2. The molecular weight excluding hydrogens is 220 g/mol. The number of imidazole rings is 1. The summed E-state index contributed by atoms with van der Waals surface area (Å²) in [6.45, 7) is 11.6. The van der Waals surface area contributed by atoms with Crippen molar-refractivity contribution in [1.82, 2.24) is 19.3 Å². The van der Waals surface area contributed by atoms with Crippen LogP contribution in [0.15, 0.2) is 12.2 Å². The molecule has 0 aliphatic heterocycles. The molecule has 4 nitrogen and oxygen atoms in total. The molecule has 2 aromatic heterocycles. The van der Waals surface area contributed by atoms with Crippen LogP contribution in [0.4, 0.5) is 0 Å². The summed E-state index contributed by atoms with van der Waals surface area (Å²) in [6.07, 6.45) is 0. The third-order valence-corrected chi connectivity index (χ3v) is 2.88. The maximum atomic E-state index is 5.32. The van der Waals surface area contributed by atoms with Gasteiger partial charge < -0.3 is 4.98 Å². The maximum Gasteiger partial charge on any atom is 0.179 e. The fraction of sp³-hybridized carbons (Fsp3) is 0.455. The Bertz CT molecular complexity index is 599. The number of H-pyrrole nitrogens is 1. The molecule has 0 radical (unpaired) electrons. The van der Waals surface area contributed by atoms with Gasteiger partial charge in [-0.05, 0) is 33.0 Å². The molecule has 0 aromatic carbocycles. The Hall–Kier alpha value is -1.36. The lowest BCUT2D eigenvalue weighted by Gasteiger charge is -2.05. The first-order chi connectivity index (χ1) is 7.54. The van der Waals surface area contributed by atoms with E-state index in [1.54, 1.807) is 0 Å². The van der Waals surface area contributed by atoms with E-state index in [9.17, 15) is 0 Å². The standard InChI is InChI=1S/C11H16N4S/c1-5-15-10-9(8(4)13-15)12-11(16)14(10)6-7(2)3/h2,5-6H2,1,3-4H3,(H,12,16). The molecule has 0 bridgehead atoms. The van der Waals surface area contributed by atoms with Gasteiger partial charge in [0.05, 0.1) is 5.69 Å². The van der Waals surface area contributed by atoms with Gasteiger partial charge in [0.2, 0.25) is 0 Å². The highest BCUT2D eigenvalue weighted by atomic mass is 32.1. The zero-order chi connectivity index (χ0) is 11.9. The molecule has 16 heavy (non-hydrogen) atoms. The van der Waals surface area contributed by atoms with E-state index in [-0.39, 0.29) is 0 Å². The van der Waals surface area contributed by atoms with Gasteiger partial charge in [0.25, 0.3) is 0 Å². The van der Waals surface area contributed by atoms with E-state index < -0.39 is 0 Å². The lowest BCUT2D eigenvalue weighted by atomic mass is 10.3. The SMILES string of the molecule is C=C(C)Cn1c(=S)[nH]c2c(C)nn(CC)c21. The number of rotatable bonds is 3. The third-order valence-electron chi connectivity index (χ3n) is 2.56. The number of nitrogens with zero attached hydrogens (tertiary/aromatic N) is 3. The van der Waals surface area contributed by atoms with E-state index in [4.69, 9.17) is 12.2 Å². The number of allylic oxidation sites excluding steroid dienone is 1. The molecule has 0 saturated carbocycles. The molecule has 0 fully saturated rings. The van der Waals surface area contributed by atoms with Crippen molar-refractivity contribution in [2.75, 3.05) is 0 Å². The molecule has 0 unspecified atom stereocenters. The average Bonchev–Trinajstić information content (AvgIpc) is 2.67. The van der Waals surface area contributed by atoms with Crippen molar-refractivity contribution < 1.29 is 0 Å². The van der Waals surface area contributed by atoms with Crippen LogP contribution in [0.1, 0.15) is 19.5 Å². The van der Waals surface area contributed by atoms with Gasteiger partial charge in [-0.25, -0.2) is 4.68 Å². The highest BCUT2D eigenvalue weighted by Gasteiger charge is 2.13. The van der Waals surface area contributed by atoms with Crippen LogP contribution in [-0.4, -0.2) is 19.3 Å². The molecular formula is C11H16N4S. The summed E-state index contributed by atoms with van der Waals surface area (Å²) < 4.78 is 4.76. The number of aromatic nitrogens is 4. The number of hydrogen-bond donors (Lipinski definition) is 1. The van der Waals surface area contributed by atoms with Crippen LogP contribution >= 0.6 is 12.2 Å². The van der Waals surface area contributed by atoms with E-state index in [0.717, 1.165) is 40.3 Å². The van der Waals surface area contributed by atoms with Gasteiger partial charge in [-0.2, -0.15) is 5.10 Å². The lowest BCUT2D eigenvalue weighted by molar-refractivity contribution is 0.642. The van der Waals surface area contributed by atoms with Gasteiger partial charge in [-0.15, -0.1) is 0 Å². The summed E-state index contributed by atoms with van der Waals surface area (Å²) in [5.41, 5.74) is 4.17. The van der Waals surface area contributed by atoms with E-state index in [2.05, 4.69) is 28.2 Å². The van der Waals surface area contributed by atoms with Crippen LogP contribution in [0.25, 0.3) is 11.2 Å². The molecule has 0 aliphatic carbocycles. The van der Waals surface area contributed by atoms with Crippen molar-refractivity contribution in [2.24, 2.45) is 0 Å². The monoisotopic (exact) mass is 236 g/mol. The van der Waals surface area contributed by atoms with Crippen LogP contribution in [0.3, 0.4) is 0 Å². The van der Waals surface area contributed by atoms with Crippen molar-refractivity contribution >= 4 is 23.4 Å². The molecule has 2 aromatic rings. The lowest BCUT2D eigenvalue weighted by Crippen LogP contribution is -2.05. The van der Waals surface area contributed by atoms with Crippen molar-refractivity contribution in [1.29, 1.82) is 0 Å². The number of hydrogen-bond acceptors (Lipinski definition) is 2. The molecule has 86 valence electrons. The van der Waals surface area contributed by atoms with Gasteiger partial charge in [0, 0.05) is 13.1 Å². The van der Waals surface area contributed by atoms with Gasteiger partial charge in [0.1, 0.15) is 5.52 Å². The van der Waals surface area contributed by atoms with Crippen molar-refractivity contribution in [2.45, 2.75) is 33.9 Å². The first kappa shape index (κ1) is 11.1. The second kappa shape index (κ2) is 3.90. The summed E-state index contributed by atoms with van der Waals surface area (Å²) >= 11 is 5.32. The number of fused-ring (bicyclic) bond motifs is 1. The van der Waals surface area contributed by atoms with Crippen LogP contribution in [0, 0.1) is 11.7 Å². The first-order valence-electron chi connectivity index (χ1n) is 5.35. The molecule has 0 saturated heterocycles. The minimum Gasteiger partial charge on any atom is -0.328 e. The summed E-state index contributed by atoms with van der Waals surface area (Å²) in [5, 5.41) is 4.47. The fourth-order valence-corrected chi connectivity index (χ4v) is 2.15. The quantitative estimate of drug-likeness (QED) is 0.657. The number of nitrogens with one attached hydrogen (secondary N) is 1. The highest BCUT2D eigenvalue weighted by molar-refractivity contribution is 7.71. The van der Waals surface area contributed by atoms with Crippen molar-refractivity contribution in [3.05, 3.63) is 22.6 Å². The van der Waals surface area contributed by atoms with Crippen LogP contribution in [0.5, 0.6) is 0 Å². The zero-order valence-electron chi connectivity index (χ0n) is 9.87. The van der Waals surface area contributed by atoms with Gasteiger partial charge in [-0.3, -0.25) is 4.57 Å². The predicted molar refractivity (Wildman–Crippen MR) is 68.1 cm³/mol. The van der Waals surface area contributed by atoms with Gasteiger partial charge in [-0.1, -0.05) is 12.2 Å². The Kier molecular flexibility index (Phi) is 2.71. The molecule has 1 N–H and O–H groups in total. The first-order valence-corrected chi connectivity index (χ1v) is 5.75. The number of aromatic amines is 1. The predicted octanol–water partition coefficient (Wildman–Crippen LogP) is 2.80. The molecule has 5 heteroatoms. The molecule has 0 aliphatic rings. The fourth-order valence-electron chi connectivity index (χ4n) is 1.90. The van der Waals surface area contributed by atoms with E-state index in [0.29, 0.717) is 0 Å². The van der Waals surface area contributed by atoms with Crippen LogP contribution in [0.2, 0.25) is 0 Å². The molecule has 0 atom stereocenters. The summed E-state index contributed by atoms with van der Waals surface area (Å²) in [4.78, 5) is 3.21. The Balaban J connectivity index is 2.75. The highest BCUT2D eigenvalue weighted by Crippen LogP contribution is 2.18. The Morgan fingerprint density at radius 2 is 2.25 bits per heavy atom. The zero-order valence-corrected chi connectivity index (χ0v) is 10.7. The number of aryl methyl sites for hydroxylation is 2. The van der Waals surface area contributed by atoms with E-state index in [1.807, 2.05) is 18.5 Å². The van der Waals surface area contributed by atoms with E-state index in [1.165, 1.54) is 0 Å². The maximum absolute atomic E-state index is 5.32. The van der Waals surface area contributed by atoms with Crippen LogP contribution < -0.4 is 0 Å². The third kappa shape index (κ3) is 1.61. The Morgan fingerprint density at radius 3 is 2.81 bits per heavy atom. The largest absolute Gasteiger partial charge is 0.328 e. The van der Waals surface area contributed by atoms with Crippen molar-refractivity contribution in [3.8, 4) is 0 Å². The molecule has 2 heterocycles. The van der Waals surface area contributed by atoms with E-state index >= 15 is 0 Å². The summed E-state index contributed by atoms with van der Waals surface area (Å²) in [5.74, 6) is 0. The summed E-state index contributed by atoms with van der Waals surface area (Å²) in [6, 6.07) is 0. The topological polar surface area (TPSA) is 38.5 Å². The Labute approximate surface area is 99.6 Å². The van der Waals surface area contributed by atoms with Crippen molar-refractivity contribution in [3.63, 3.8) is 0 Å². The molecule has 0 spiro atoms.